The summed E-state index contributed by atoms with van der Waals surface area (Å²) in [5.74, 6) is 1.88. The molecule has 4 rings (SSSR count). The fraction of sp³-hybridized carbons (Fsp3) is 0.808. The molecule has 3 saturated carbocycles. The number of ether oxygens (including phenoxy) is 1. The van der Waals surface area contributed by atoms with Crippen LogP contribution < -0.4 is 0 Å². The van der Waals surface area contributed by atoms with Crippen LogP contribution in [0.5, 0.6) is 0 Å². The minimum absolute atomic E-state index is 0.0365. The van der Waals surface area contributed by atoms with Crippen molar-refractivity contribution in [3.8, 4) is 0 Å². The SMILES string of the molecule is C/C=C1\[C@H](O)C[C@H]2[C@@H]3CC=C4C[C@@H](OC(=O)C(C)(C)C)CC[C@]4(C)[C@H]3CC[C@]12C. The molecule has 7 atom stereocenters. The molecule has 3 nitrogen and oxygen atoms in total. The number of carbonyl (C=O) groups excluding carboxylic acids is 1. The van der Waals surface area contributed by atoms with E-state index in [0.717, 1.165) is 32.1 Å². The smallest absolute Gasteiger partial charge is 0.311 e. The number of aliphatic hydroxyl groups excluding tert-OH is 1. The highest BCUT2D eigenvalue weighted by molar-refractivity contribution is 5.75. The van der Waals surface area contributed by atoms with Gasteiger partial charge in [0.1, 0.15) is 6.10 Å². The van der Waals surface area contributed by atoms with Crippen molar-refractivity contribution in [1.82, 2.24) is 0 Å². The summed E-state index contributed by atoms with van der Waals surface area (Å²) < 4.78 is 5.89. The first-order chi connectivity index (χ1) is 13.5. The third-order valence-corrected chi connectivity index (χ3v) is 9.14. The molecular weight excluding hydrogens is 360 g/mol. The lowest BCUT2D eigenvalue weighted by Crippen LogP contribution is -2.50. The molecule has 0 radical (unpaired) electrons. The Balaban J connectivity index is 1.55. The van der Waals surface area contributed by atoms with Gasteiger partial charge in [-0.2, -0.15) is 0 Å². The number of fused-ring (bicyclic) bond motifs is 5. The van der Waals surface area contributed by atoms with Crippen molar-refractivity contribution in [2.24, 2.45) is 34.0 Å². The van der Waals surface area contributed by atoms with Gasteiger partial charge in [-0.05, 0) is 100 Å². The summed E-state index contributed by atoms with van der Waals surface area (Å²) in [5.41, 5.74) is 2.80. The van der Waals surface area contributed by atoms with Gasteiger partial charge in [-0.3, -0.25) is 4.79 Å². The number of hydrogen-bond acceptors (Lipinski definition) is 3. The molecule has 0 bridgehead atoms. The zero-order valence-corrected chi connectivity index (χ0v) is 19.3. The normalized spacial score (nSPS) is 45.8. The molecule has 162 valence electrons. The van der Waals surface area contributed by atoms with Gasteiger partial charge in [0.15, 0.2) is 0 Å². The molecule has 4 aliphatic rings. The van der Waals surface area contributed by atoms with E-state index in [0.29, 0.717) is 17.8 Å². The molecule has 0 unspecified atom stereocenters. The lowest BCUT2D eigenvalue weighted by Gasteiger charge is -2.57. The van der Waals surface area contributed by atoms with Gasteiger partial charge in [0.25, 0.3) is 0 Å². The fourth-order valence-corrected chi connectivity index (χ4v) is 7.44. The molecule has 0 aromatic rings. The van der Waals surface area contributed by atoms with E-state index < -0.39 is 5.41 Å². The molecule has 0 heterocycles. The van der Waals surface area contributed by atoms with Gasteiger partial charge < -0.3 is 9.84 Å². The second-order valence-electron chi connectivity index (χ2n) is 11.7. The average molecular weight is 401 g/mol. The minimum Gasteiger partial charge on any atom is -0.462 e. The van der Waals surface area contributed by atoms with Crippen LogP contribution in [0.3, 0.4) is 0 Å². The van der Waals surface area contributed by atoms with Crippen LogP contribution in [0.25, 0.3) is 0 Å². The molecule has 0 amide bonds. The van der Waals surface area contributed by atoms with Crippen LogP contribution in [0, 0.1) is 34.0 Å². The highest BCUT2D eigenvalue weighted by Gasteiger charge is 2.59. The minimum atomic E-state index is -0.436. The summed E-state index contributed by atoms with van der Waals surface area (Å²) in [4.78, 5) is 12.4. The van der Waals surface area contributed by atoms with E-state index in [-0.39, 0.29) is 29.0 Å². The van der Waals surface area contributed by atoms with Gasteiger partial charge in [0.2, 0.25) is 0 Å². The molecule has 0 aliphatic heterocycles. The predicted molar refractivity (Wildman–Crippen MR) is 116 cm³/mol. The Morgan fingerprint density at radius 1 is 1.17 bits per heavy atom. The second kappa shape index (κ2) is 6.97. The van der Waals surface area contributed by atoms with E-state index in [4.69, 9.17) is 4.74 Å². The first-order valence-corrected chi connectivity index (χ1v) is 11.8. The first-order valence-electron chi connectivity index (χ1n) is 11.8. The van der Waals surface area contributed by atoms with Crippen molar-refractivity contribution in [3.63, 3.8) is 0 Å². The van der Waals surface area contributed by atoms with E-state index in [1.54, 1.807) is 0 Å². The van der Waals surface area contributed by atoms with Crippen LogP contribution in [-0.2, 0) is 9.53 Å². The molecule has 29 heavy (non-hydrogen) atoms. The monoisotopic (exact) mass is 400 g/mol. The Kier molecular flexibility index (Phi) is 5.08. The first kappa shape index (κ1) is 21.2. The van der Waals surface area contributed by atoms with Crippen molar-refractivity contribution in [2.75, 3.05) is 0 Å². The highest BCUT2D eigenvalue weighted by Crippen LogP contribution is 2.66. The summed E-state index contributed by atoms with van der Waals surface area (Å²) in [6.07, 6.45) is 12.0. The van der Waals surface area contributed by atoms with Crippen LogP contribution in [0.4, 0.5) is 0 Å². The van der Waals surface area contributed by atoms with Gasteiger partial charge >= 0.3 is 5.97 Å². The fourth-order valence-electron chi connectivity index (χ4n) is 7.44. The largest absolute Gasteiger partial charge is 0.462 e. The number of rotatable bonds is 1. The lowest BCUT2D eigenvalue weighted by atomic mass is 9.48. The van der Waals surface area contributed by atoms with E-state index in [1.165, 1.54) is 24.0 Å². The maximum absolute atomic E-state index is 12.4. The zero-order chi connectivity index (χ0) is 21.2. The number of hydrogen-bond donors (Lipinski definition) is 1. The lowest BCUT2D eigenvalue weighted by molar-refractivity contribution is -0.160. The topological polar surface area (TPSA) is 46.5 Å². The summed E-state index contributed by atoms with van der Waals surface area (Å²) in [5, 5.41) is 10.7. The van der Waals surface area contributed by atoms with Crippen LogP contribution in [0.15, 0.2) is 23.3 Å². The number of esters is 1. The Morgan fingerprint density at radius 2 is 1.86 bits per heavy atom. The van der Waals surface area contributed by atoms with E-state index in [2.05, 4.69) is 32.9 Å². The van der Waals surface area contributed by atoms with E-state index in [1.807, 2.05) is 20.8 Å². The quantitative estimate of drug-likeness (QED) is 0.445. The Bertz CT molecular complexity index is 742. The zero-order valence-electron chi connectivity index (χ0n) is 19.3. The van der Waals surface area contributed by atoms with Crippen molar-refractivity contribution in [2.45, 2.75) is 98.7 Å². The summed E-state index contributed by atoms with van der Waals surface area (Å²) in [6.45, 7) is 12.8. The van der Waals surface area contributed by atoms with Crippen LogP contribution in [0.2, 0.25) is 0 Å². The highest BCUT2D eigenvalue weighted by atomic mass is 16.5. The Morgan fingerprint density at radius 3 is 2.52 bits per heavy atom. The maximum Gasteiger partial charge on any atom is 0.311 e. The van der Waals surface area contributed by atoms with Crippen LogP contribution >= 0.6 is 0 Å². The summed E-state index contributed by atoms with van der Waals surface area (Å²) in [7, 11) is 0. The molecular formula is C26H40O3. The summed E-state index contributed by atoms with van der Waals surface area (Å²) in [6, 6.07) is 0. The number of carbonyl (C=O) groups is 1. The van der Waals surface area contributed by atoms with Crippen LogP contribution in [-0.4, -0.2) is 23.3 Å². The number of allylic oxidation sites excluding steroid dienone is 2. The van der Waals surface area contributed by atoms with Crippen molar-refractivity contribution in [1.29, 1.82) is 0 Å². The molecule has 3 fully saturated rings. The van der Waals surface area contributed by atoms with Crippen molar-refractivity contribution < 1.29 is 14.6 Å². The molecule has 0 aromatic heterocycles. The molecule has 4 aliphatic carbocycles. The number of aliphatic hydroxyl groups is 1. The van der Waals surface area contributed by atoms with Gasteiger partial charge in [0, 0.05) is 6.42 Å². The molecule has 1 N–H and O–H groups in total. The van der Waals surface area contributed by atoms with E-state index >= 15 is 0 Å². The third-order valence-electron chi connectivity index (χ3n) is 9.14. The third kappa shape index (κ3) is 3.23. The molecule has 0 spiro atoms. The maximum atomic E-state index is 12.4. The summed E-state index contributed by atoms with van der Waals surface area (Å²) >= 11 is 0. The molecule has 3 heteroatoms. The van der Waals surface area contributed by atoms with Gasteiger partial charge in [-0.25, -0.2) is 0 Å². The Labute approximate surface area is 177 Å². The van der Waals surface area contributed by atoms with Crippen LogP contribution in [0.1, 0.15) is 86.5 Å². The van der Waals surface area contributed by atoms with Crippen molar-refractivity contribution in [3.05, 3.63) is 23.3 Å². The van der Waals surface area contributed by atoms with Gasteiger partial charge in [-0.1, -0.05) is 31.6 Å². The van der Waals surface area contributed by atoms with Gasteiger partial charge in [-0.15, -0.1) is 0 Å². The molecule has 0 aromatic carbocycles. The molecule has 0 saturated heterocycles. The Hall–Kier alpha value is -1.09. The van der Waals surface area contributed by atoms with E-state index in [9.17, 15) is 9.90 Å². The standard InChI is InChI=1S/C26H40O3/c1-7-19-22(27)15-21-18-9-8-16-14-17(29-23(28)24(2,3)4)10-12-25(16,5)20(18)11-13-26(19,21)6/h7-8,17-18,20-22,27H,9-15H2,1-6H3/b19-7+/t17-,18+,20-,21-,22+,25-,26+/m0/s1. The second-order valence-corrected chi connectivity index (χ2v) is 11.7. The average Bonchev–Trinajstić information content (AvgIpc) is 2.90. The predicted octanol–water partition coefficient (Wildman–Crippen LogP) is 5.82. The van der Waals surface area contributed by atoms with Crippen molar-refractivity contribution >= 4 is 5.97 Å². The van der Waals surface area contributed by atoms with Gasteiger partial charge in [0.05, 0.1) is 11.5 Å².